The molecule has 19 heavy (non-hydrogen) atoms. The van der Waals surface area contributed by atoms with Crippen LogP contribution in [0.25, 0.3) is 0 Å². The predicted octanol–water partition coefficient (Wildman–Crippen LogP) is 4.03. The van der Waals surface area contributed by atoms with Crippen LogP contribution in [0.1, 0.15) is 55.8 Å². The van der Waals surface area contributed by atoms with E-state index in [-0.39, 0.29) is 5.56 Å². The van der Waals surface area contributed by atoms with Gasteiger partial charge in [-0.2, -0.15) is 5.26 Å². The van der Waals surface area contributed by atoms with E-state index >= 15 is 0 Å². The van der Waals surface area contributed by atoms with Gasteiger partial charge in [0, 0.05) is 5.56 Å². The Labute approximate surface area is 113 Å². The fraction of sp³-hybridized carbons (Fsp3) is 0.562. The lowest BCUT2D eigenvalue weighted by Crippen LogP contribution is -2.27. The lowest BCUT2D eigenvalue weighted by molar-refractivity contribution is 0.0486. The number of nitriles is 1. The average Bonchev–Trinajstić information content (AvgIpc) is 2.67. The van der Waals surface area contributed by atoms with Crippen LogP contribution < -0.4 is 0 Å². The monoisotopic (exact) mass is 261 g/mol. The highest BCUT2D eigenvalue weighted by Gasteiger charge is 2.40. The maximum absolute atomic E-state index is 13.9. The topological polar surface area (TPSA) is 44.0 Å². The summed E-state index contributed by atoms with van der Waals surface area (Å²) in [4.78, 5) is 0. The molecule has 1 saturated carbocycles. The van der Waals surface area contributed by atoms with Crippen LogP contribution in [0.4, 0.5) is 4.39 Å². The Kier molecular flexibility index (Phi) is 4.21. The molecule has 1 aromatic rings. The molecule has 0 radical (unpaired) electrons. The first-order valence-corrected chi connectivity index (χ1v) is 6.94. The second kappa shape index (κ2) is 5.71. The number of benzene rings is 1. The van der Waals surface area contributed by atoms with Crippen LogP contribution in [-0.4, -0.2) is 5.11 Å². The van der Waals surface area contributed by atoms with Gasteiger partial charge in [0.05, 0.1) is 11.5 Å². The van der Waals surface area contributed by atoms with E-state index < -0.39 is 17.3 Å². The molecule has 0 spiro atoms. The molecule has 1 aliphatic rings. The first kappa shape index (κ1) is 14.0. The van der Waals surface area contributed by atoms with Gasteiger partial charge in [-0.05, 0) is 25.8 Å². The fourth-order valence-electron chi connectivity index (χ4n) is 2.98. The van der Waals surface area contributed by atoms with Gasteiger partial charge in [0.25, 0.3) is 0 Å². The van der Waals surface area contributed by atoms with Crippen molar-refractivity contribution in [1.29, 1.82) is 5.26 Å². The van der Waals surface area contributed by atoms with Crippen molar-refractivity contribution in [3.8, 4) is 6.07 Å². The van der Waals surface area contributed by atoms with Crippen molar-refractivity contribution >= 4 is 0 Å². The van der Waals surface area contributed by atoms with E-state index in [4.69, 9.17) is 0 Å². The molecule has 1 aromatic carbocycles. The smallest absolute Gasteiger partial charge is 0.129 e. The van der Waals surface area contributed by atoms with Gasteiger partial charge in [0.2, 0.25) is 0 Å². The van der Waals surface area contributed by atoms with Crippen molar-refractivity contribution in [2.45, 2.75) is 51.6 Å². The SMILES string of the molecule is Cc1ccc(F)c(C(O)C2(C#N)CCCCCC2)c1. The first-order chi connectivity index (χ1) is 9.09. The lowest BCUT2D eigenvalue weighted by Gasteiger charge is -2.31. The molecule has 0 aromatic heterocycles. The summed E-state index contributed by atoms with van der Waals surface area (Å²) < 4.78 is 13.9. The normalized spacial score (nSPS) is 20.3. The molecule has 3 heteroatoms. The predicted molar refractivity (Wildman–Crippen MR) is 71.8 cm³/mol. The second-order valence-electron chi connectivity index (χ2n) is 5.61. The van der Waals surface area contributed by atoms with E-state index in [0.717, 1.165) is 31.2 Å². The minimum Gasteiger partial charge on any atom is -0.387 e. The zero-order valence-corrected chi connectivity index (χ0v) is 11.3. The van der Waals surface area contributed by atoms with Gasteiger partial charge in [-0.25, -0.2) is 4.39 Å². The second-order valence-corrected chi connectivity index (χ2v) is 5.61. The van der Waals surface area contributed by atoms with Crippen LogP contribution in [0.15, 0.2) is 18.2 Å². The third kappa shape index (κ3) is 2.79. The molecular formula is C16H20FNO. The van der Waals surface area contributed by atoms with Crippen LogP contribution in [0.5, 0.6) is 0 Å². The van der Waals surface area contributed by atoms with Crippen molar-refractivity contribution in [2.24, 2.45) is 5.41 Å². The summed E-state index contributed by atoms with van der Waals surface area (Å²) in [5.74, 6) is -0.419. The molecular weight excluding hydrogens is 241 g/mol. The van der Waals surface area contributed by atoms with Crippen molar-refractivity contribution in [3.63, 3.8) is 0 Å². The van der Waals surface area contributed by atoms with Gasteiger partial charge in [-0.3, -0.25) is 0 Å². The molecule has 0 saturated heterocycles. The molecule has 0 heterocycles. The molecule has 1 N–H and O–H groups in total. The Hall–Kier alpha value is -1.40. The number of rotatable bonds is 2. The van der Waals surface area contributed by atoms with Crippen LogP contribution in [0.3, 0.4) is 0 Å². The number of halogens is 1. The molecule has 2 rings (SSSR count). The van der Waals surface area contributed by atoms with Gasteiger partial charge in [0.15, 0.2) is 0 Å². The van der Waals surface area contributed by atoms with Crippen molar-refractivity contribution in [2.75, 3.05) is 0 Å². The molecule has 1 unspecified atom stereocenters. The minimum atomic E-state index is -1.03. The quantitative estimate of drug-likeness (QED) is 0.817. The van der Waals surface area contributed by atoms with E-state index in [1.165, 1.54) is 6.07 Å². The molecule has 1 aliphatic carbocycles. The largest absolute Gasteiger partial charge is 0.387 e. The molecule has 2 nitrogen and oxygen atoms in total. The number of aryl methyl sites for hydroxylation is 1. The molecule has 1 atom stereocenters. The van der Waals surface area contributed by atoms with Gasteiger partial charge in [0.1, 0.15) is 11.9 Å². The molecule has 1 fully saturated rings. The summed E-state index contributed by atoms with van der Waals surface area (Å²) in [7, 11) is 0. The summed E-state index contributed by atoms with van der Waals surface area (Å²) >= 11 is 0. The van der Waals surface area contributed by atoms with Crippen LogP contribution >= 0.6 is 0 Å². The Bertz CT molecular complexity index is 484. The average molecular weight is 261 g/mol. The van der Waals surface area contributed by atoms with Gasteiger partial charge < -0.3 is 5.11 Å². The number of nitrogens with zero attached hydrogens (tertiary/aromatic N) is 1. The highest BCUT2D eigenvalue weighted by molar-refractivity contribution is 5.29. The standard InChI is InChI=1S/C16H20FNO/c1-12-6-7-14(17)13(10-12)15(19)16(11-18)8-4-2-3-5-9-16/h6-7,10,15,19H,2-5,8-9H2,1H3. The van der Waals surface area contributed by atoms with E-state index in [0.29, 0.717) is 12.8 Å². The minimum absolute atomic E-state index is 0.267. The van der Waals surface area contributed by atoms with Gasteiger partial charge in [-0.1, -0.05) is 43.4 Å². The summed E-state index contributed by atoms with van der Waals surface area (Å²) in [5.41, 5.74) is 0.339. The van der Waals surface area contributed by atoms with Crippen molar-refractivity contribution < 1.29 is 9.50 Å². The fourth-order valence-corrected chi connectivity index (χ4v) is 2.98. The molecule has 0 bridgehead atoms. The van der Waals surface area contributed by atoms with E-state index in [9.17, 15) is 14.8 Å². The molecule has 0 amide bonds. The molecule has 102 valence electrons. The Morgan fingerprint density at radius 2 is 1.89 bits per heavy atom. The number of hydrogen-bond donors (Lipinski definition) is 1. The van der Waals surface area contributed by atoms with Crippen molar-refractivity contribution in [1.82, 2.24) is 0 Å². The highest BCUT2D eigenvalue weighted by atomic mass is 19.1. The summed E-state index contributed by atoms with van der Waals surface area (Å²) in [5, 5.41) is 20.1. The highest BCUT2D eigenvalue weighted by Crippen LogP contribution is 2.45. The number of aliphatic hydroxyl groups excluding tert-OH is 1. The zero-order valence-electron chi connectivity index (χ0n) is 11.3. The number of hydrogen-bond acceptors (Lipinski definition) is 2. The van der Waals surface area contributed by atoms with Crippen LogP contribution in [-0.2, 0) is 0 Å². The third-order valence-corrected chi connectivity index (χ3v) is 4.19. The van der Waals surface area contributed by atoms with Crippen molar-refractivity contribution in [3.05, 3.63) is 35.1 Å². The maximum Gasteiger partial charge on any atom is 0.129 e. The summed E-state index contributed by atoms with van der Waals surface area (Å²) in [6.45, 7) is 1.86. The Balaban J connectivity index is 2.37. The van der Waals surface area contributed by atoms with Crippen LogP contribution in [0, 0.1) is 29.5 Å². The lowest BCUT2D eigenvalue weighted by atomic mass is 9.74. The Morgan fingerprint density at radius 1 is 1.26 bits per heavy atom. The Morgan fingerprint density at radius 3 is 2.47 bits per heavy atom. The molecule has 0 aliphatic heterocycles. The summed E-state index contributed by atoms with van der Waals surface area (Å²) in [6, 6.07) is 6.99. The number of aliphatic hydroxyl groups is 1. The van der Waals surface area contributed by atoms with Crippen LogP contribution in [0.2, 0.25) is 0 Å². The maximum atomic E-state index is 13.9. The third-order valence-electron chi connectivity index (χ3n) is 4.19. The van der Waals surface area contributed by atoms with Gasteiger partial charge in [-0.15, -0.1) is 0 Å². The van der Waals surface area contributed by atoms with Gasteiger partial charge >= 0.3 is 0 Å². The zero-order chi connectivity index (χ0) is 13.9. The van der Waals surface area contributed by atoms with E-state index in [2.05, 4.69) is 6.07 Å². The van der Waals surface area contributed by atoms with E-state index in [1.807, 2.05) is 6.92 Å². The van der Waals surface area contributed by atoms with E-state index in [1.54, 1.807) is 12.1 Å². The summed E-state index contributed by atoms with van der Waals surface area (Å²) in [6.07, 6.45) is 4.31. The first-order valence-electron chi connectivity index (χ1n) is 6.94.